The van der Waals surface area contributed by atoms with Gasteiger partial charge in [-0.15, -0.1) is 5.10 Å². The molecular weight excluding hydrogens is 322 g/mol. The predicted molar refractivity (Wildman–Crippen MR) is 92.6 cm³/mol. The molecule has 2 aromatic carbocycles. The van der Waals surface area contributed by atoms with Crippen molar-refractivity contribution in [3.63, 3.8) is 0 Å². The second-order valence-corrected chi connectivity index (χ2v) is 5.53. The third-order valence-corrected chi connectivity index (χ3v) is 4.04. The van der Waals surface area contributed by atoms with Crippen molar-refractivity contribution < 1.29 is 9.90 Å². The van der Waals surface area contributed by atoms with Gasteiger partial charge in [0.15, 0.2) is 0 Å². The van der Waals surface area contributed by atoms with E-state index in [1.807, 2.05) is 24.3 Å². The molecule has 0 unspecified atom stereocenters. The zero-order chi connectivity index (χ0) is 17.6. The number of nitrogens with one attached hydrogen (secondary N) is 1. The van der Waals surface area contributed by atoms with E-state index in [1.54, 1.807) is 30.1 Å². The van der Waals surface area contributed by atoms with Crippen LogP contribution in [0.15, 0.2) is 53.3 Å². The van der Waals surface area contributed by atoms with Gasteiger partial charge in [-0.2, -0.15) is 4.98 Å². The van der Waals surface area contributed by atoms with Gasteiger partial charge in [0.25, 0.3) is 5.78 Å². The molecule has 25 heavy (non-hydrogen) atoms. The number of benzene rings is 2. The van der Waals surface area contributed by atoms with Crippen LogP contribution < -0.4 is 10.6 Å². The van der Waals surface area contributed by atoms with Crippen LogP contribution in [0.4, 0.5) is 11.5 Å². The first-order valence-electron chi connectivity index (χ1n) is 7.49. The van der Waals surface area contributed by atoms with Crippen LogP contribution in [-0.2, 0) is 0 Å². The van der Waals surface area contributed by atoms with Crippen LogP contribution in [0.5, 0.6) is 0 Å². The van der Waals surface area contributed by atoms with Gasteiger partial charge in [-0.1, -0.05) is 18.2 Å². The Labute approximate surface area is 141 Å². The van der Waals surface area contributed by atoms with Gasteiger partial charge in [-0.25, -0.2) is 19.1 Å². The zero-order valence-corrected chi connectivity index (χ0v) is 13.2. The number of anilines is 2. The van der Waals surface area contributed by atoms with Crippen LogP contribution in [0.2, 0.25) is 0 Å². The van der Waals surface area contributed by atoms with Gasteiger partial charge in [0.05, 0.1) is 11.1 Å². The molecule has 2 heterocycles. The molecule has 0 aliphatic carbocycles. The third kappa shape index (κ3) is 2.31. The van der Waals surface area contributed by atoms with Gasteiger partial charge in [0.1, 0.15) is 5.82 Å². The molecule has 0 bridgehead atoms. The number of H-pyrrole nitrogens is 1. The Morgan fingerprint density at radius 3 is 2.80 bits per heavy atom. The quantitative estimate of drug-likeness (QED) is 0.594. The Morgan fingerprint density at radius 1 is 1.20 bits per heavy atom. The molecule has 124 valence electrons. The third-order valence-electron chi connectivity index (χ3n) is 4.04. The monoisotopic (exact) mass is 335 g/mol. The smallest absolute Gasteiger partial charge is 0.349 e. The van der Waals surface area contributed by atoms with Crippen molar-refractivity contribution in [3.8, 4) is 0 Å². The fraction of sp³-hybridized carbons (Fsp3) is 0.0588. The maximum absolute atomic E-state index is 12.0. The minimum atomic E-state index is -0.998. The van der Waals surface area contributed by atoms with Gasteiger partial charge >= 0.3 is 11.7 Å². The summed E-state index contributed by atoms with van der Waals surface area (Å²) in [6.07, 6.45) is 0. The van der Waals surface area contributed by atoms with E-state index >= 15 is 0 Å². The molecule has 0 atom stereocenters. The zero-order valence-electron chi connectivity index (χ0n) is 13.2. The van der Waals surface area contributed by atoms with Crippen LogP contribution in [0.25, 0.3) is 16.7 Å². The Bertz CT molecular complexity index is 1180. The summed E-state index contributed by atoms with van der Waals surface area (Å²) in [5.41, 5.74) is 1.16. The van der Waals surface area contributed by atoms with Crippen molar-refractivity contribution in [2.75, 3.05) is 11.9 Å². The minimum Gasteiger partial charge on any atom is -0.478 e. The number of nitrogens with zero attached hydrogens (tertiary/aromatic N) is 4. The van der Waals surface area contributed by atoms with E-state index in [0.717, 1.165) is 5.39 Å². The average molecular weight is 335 g/mol. The van der Waals surface area contributed by atoms with Crippen molar-refractivity contribution >= 4 is 34.2 Å². The number of hydrogen-bond acceptors (Lipinski definition) is 5. The van der Waals surface area contributed by atoms with Crippen molar-refractivity contribution in [1.82, 2.24) is 19.6 Å². The normalized spacial score (nSPS) is 11.1. The molecule has 0 saturated heterocycles. The van der Waals surface area contributed by atoms with E-state index in [1.165, 1.54) is 10.5 Å². The standard InChI is InChI=1S/C17H13N5O3/c1-21(11-6-4-5-10(9-11)15(23)24)14-12-7-2-3-8-13(12)22-16(18-14)19-20-17(22)25/h2-9H,1H3,(H,20,25)(H,23,24). The van der Waals surface area contributed by atoms with Crippen molar-refractivity contribution in [3.05, 3.63) is 64.6 Å². The highest BCUT2D eigenvalue weighted by Gasteiger charge is 2.16. The number of carboxylic acids is 1. The Hall–Kier alpha value is -3.68. The molecule has 2 N–H and O–H groups in total. The van der Waals surface area contributed by atoms with E-state index in [2.05, 4.69) is 15.2 Å². The number of para-hydroxylation sites is 1. The summed E-state index contributed by atoms with van der Waals surface area (Å²) in [5, 5.41) is 16.3. The second-order valence-electron chi connectivity index (χ2n) is 5.53. The van der Waals surface area contributed by atoms with Gasteiger partial charge in [-0.3, -0.25) is 0 Å². The van der Waals surface area contributed by atoms with Crippen LogP contribution in [0, 0.1) is 0 Å². The largest absolute Gasteiger partial charge is 0.478 e. The fourth-order valence-corrected chi connectivity index (χ4v) is 2.82. The molecule has 0 aliphatic rings. The number of hydrogen-bond donors (Lipinski definition) is 2. The summed E-state index contributed by atoms with van der Waals surface area (Å²) < 4.78 is 1.40. The van der Waals surface area contributed by atoms with Crippen molar-refractivity contribution in [2.24, 2.45) is 0 Å². The summed E-state index contributed by atoms with van der Waals surface area (Å²) in [6, 6.07) is 13.9. The first kappa shape index (κ1) is 14.9. The summed E-state index contributed by atoms with van der Waals surface area (Å²) in [4.78, 5) is 29.5. The van der Waals surface area contributed by atoms with Crippen LogP contribution in [0.3, 0.4) is 0 Å². The molecular formula is C17H13N5O3. The SMILES string of the molecule is CN(c1cccc(C(=O)O)c1)c1nc2n[nH]c(=O)n2c2ccccc12. The highest BCUT2D eigenvalue weighted by molar-refractivity contribution is 5.94. The topological polar surface area (TPSA) is 104 Å². The van der Waals surface area contributed by atoms with Gasteiger partial charge < -0.3 is 10.0 Å². The molecule has 8 heteroatoms. The van der Waals surface area contributed by atoms with E-state index in [0.29, 0.717) is 17.0 Å². The molecule has 4 rings (SSSR count). The molecule has 2 aromatic heterocycles. The maximum Gasteiger partial charge on any atom is 0.349 e. The Kier molecular flexibility index (Phi) is 3.24. The van der Waals surface area contributed by atoms with E-state index in [-0.39, 0.29) is 17.0 Å². The number of carboxylic acid groups (broad SMARTS) is 1. The van der Waals surface area contributed by atoms with Crippen molar-refractivity contribution in [1.29, 1.82) is 0 Å². The maximum atomic E-state index is 12.0. The Balaban J connectivity index is 1.98. The van der Waals surface area contributed by atoms with Gasteiger partial charge in [0, 0.05) is 18.1 Å². The van der Waals surface area contributed by atoms with Crippen LogP contribution in [0.1, 0.15) is 10.4 Å². The fourth-order valence-electron chi connectivity index (χ4n) is 2.82. The van der Waals surface area contributed by atoms with E-state index < -0.39 is 5.97 Å². The van der Waals surface area contributed by atoms with E-state index in [9.17, 15) is 14.7 Å². The molecule has 0 fully saturated rings. The minimum absolute atomic E-state index is 0.186. The lowest BCUT2D eigenvalue weighted by Crippen LogP contribution is -2.16. The molecule has 4 aromatic rings. The number of rotatable bonds is 3. The molecule has 8 nitrogen and oxygen atoms in total. The summed E-state index contributed by atoms with van der Waals surface area (Å²) >= 11 is 0. The number of aromatic nitrogens is 4. The molecule has 0 amide bonds. The second kappa shape index (κ2) is 5.45. The lowest BCUT2D eigenvalue weighted by atomic mass is 10.1. The van der Waals surface area contributed by atoms with Gasteiger partial charge in [-0.05, 0) is 30.3 Å². The average Bonchev–Trinajstić information content (AvgIpc) is 3.01. The Morgan fingerprint density at radius 2 is 2.00 bits per heavy atom. The number of aromatic amines is 1. The van der Waals surface area contributed by atoms with Crippen LogP contribution in [-0.4, -0.2) is 37.7 Å². The van der Waals surface area contributed by atoms with E-state index in [4.69, 9.17) is 0 Å². The van der Waals surface area contributed by atoms with Crippen LogP contribution >= 0.6 is 0 Å². The lowest BCUT2D eigenvalue weighted by molar-refractivity contribution is 0.0697. The molecule has 0 spiro atoms. The number of aromatic carboxylic acids is 1. The number of carbonyl (C=O) groups is 1. The highest BCUT2D eigenvalue weighted by atomic mass is 16.4. The summed E-state index contributed by atoms with van der Waals surface area (Å²) in [6.45, 7) is 0. The molecule has 0 radical (unpaired) electrons. The van der Waals surface area contributed by atoms with Gasteiger partial charge in [0.2, 0.25) is 0 Å². The molecule has 0 saturated carbocycles. The van der Waals surface area contributed by atoms with Crippen molar-refractivity contribution in [2.45, 2.75) is 0 Å². The molecule has 0 aliphatic heterocycles. The summed E-state index contributed by atoms with van der Waals surface area (Å²) in [5.74, 6) is -0.174. The first-order valence-corrected chi connectivity index (χ1v) is 7.49. The lowest BCUT2D eigenvalue weighted by Gasteiger charge is -2.20. The summed E-state index contributed by atoms with van der Waals surface area (Å²) in [7, 11) is 1.79. The number of fused-ring (bicyclic) bond motifs is 3. The predicted octanol–water partition coefficient (Wildman–Crippen LogP) is 2.04. The highest BCUT2D eigenvalue weighted by Crippen LogP contribution is 2.29. The first-order chi connectivity index (χ1) is 12.1.